The van der Waals surface area contributed by atoms with Crippen LogP contribution in [0.4, 0.5) is 5.69 Å². The summed E-state index contributed by atoms with van der Waals surface area (Å²) in [6, 6.07) is 5.85. The van der Waals surface area contributed by atoms with Gasteiger partial charge < -0.3 is 14.9 Å². The number of carbonyl (C=O) groups is 1. The average molecular weight is 262 g/mol. The number of anilines is 1. The Balaban J connectivity index is 2.27. The van der Waals surface area contributed by atoms with Crippen LogP contribution in [0.5, 0.6) is 0 Å². The van der Waals surface area contributed by atoms with Crippen molar-refractivity contribution in [1.82, 2.24) is 4.90 Å². The fraction of sp³-hybridized carbons (Fsp3) is 0.533. The van der Waals surface area contributed by atoms with Crippen molar-refractivity contribution in [2.45, 2.75) is 26.3 Å². The lowest BCUT2D eigenvalue weighted by Gasteiger charge is -2.31. The van der Waals surface area contributed by atoms with E-state index in [2.05, 4.69) is 23.8 Å². The Labute approximate surface area is 114 Å². The van der Waals surface area contributed by atoms with Gasteiger partial charge in [-0.25, -0.2) is 4.79 Å². The van der Waals surface area contributed by atoms with Gasteiger partial charge in [-0.3, -0.25) is 0 Å². The first-order valence-corrected chi connectivity index (χ1v) is 6.78. The van der Waals surface area contributed by atoms with E-state index in [9.17, 15) is 4.79 Å². The van der Waals surface area contributed by atoms with Crippen LogP contribution >= 0.6 is 0 Å². The van der Waals surface area contributed by atoms with Crippen molar-refractivity contribution in [2.75, 3.05) is 31.6 Å². The third-order valence-corrected chi connectivity index (χ3v) is 3.80. The van der Waals surface area contributed by atoms with Gasteiger partial charge in [0.25, 0.3) is 0 Å². The summed E-state index contributed by atoms with van der Waals surface area (Å²) in [4.78, 5) is 15.7. The second-order valence-corrected chi connectivity index (χ2v) is 5.46. The van der Waals surface area contributed by atoms with Crippen molar-refractivity contribution in [1.29, 1.82) is 0 Å². The Morgan fingerprint density at radius 3 is 2.74 bits per heavy atom. The lowest BCUT2D eigenvalue weighted by Crippen LogP contribution is -2.38. The minimum absolute atomic E-state index is 0.362. The molecule has 1 aromatic carbocycles. The lowest BCUT2D eigenvalue weighted by atomic mass is 10.1. The Kier molecular flexibility index (Phi) is 4.10. The first kappa shape index (κ1) is 13.9. The number of benzene rings is 1. The van der Waals surface area contributed by atoms with E-state index in [1.165, 1.54) is 0 Å². The van der Waals surface area contributed by atoms with Crippen LogP contribution in [0, 0.1) is 6.92 Å². The summed E-state index contributed by atoms with van der Waals surface area (Å²) in [5.74, 6) is -0.863. The summed E-state index contributed by atoms with van der Waals surface area (Å²) in [7, 11) is 2.15. The summed E-state index contributed by atoms with van der Waals surface area (Å²) >= 11 is 0. The summed E-state index contributed by atoms with van der Waals surface area (Å²) < 4.78 is 0. The molecule has 0 saturated carbocycles. The SMILES string of the molecule is Cc1cc(C(=O)O)ccc1N1CCCN(C)CC1C. The van der Waals surface area contributed by atoms with Crippen LogP contribution in [0.1, 0.15) is 29.3 Å². The molecule has 0 bridgehead atoms. The zero-order valence-corrected chi connectivity index (χ0v) is 11.9. The summed E-state index contributed by atoms with van der Waals surface area (Å²) in [6.07, 6.45) is 1.14. The molecule has 1 unspecified atom stereocenters. The molecule has 1 aliphatic heterocycles. The van der Waals surface area contributed by atoms with Gasteiger partial charge in [-0.2, -0.15) is 0 Å². The number of carboxylic acid groups (broad SMARTS) is 1. The van der Waals surface area contributed by atoms with E-state index < -0.39 is 5.97 Å². The van der Waals surface area contributed by atoms with Crippen molar-refractivity contribution in [3.8, 4) is 0 Å². The van der Waals surface area contributed by atoms with Crippen molar-refractivity contribution in [3.05, 3.63) is 29.3 Å². The quantitative estimate of drug-likeness (QED) is 0.887. The summed E-state index contributed by atoms with van der Waals surface area (Å²) in [5, 5.41) is 9.02. The van der Waals surface area contributed by atoms with Gasteiger partial charge >= 0.3 is 5.97 Å². The number of aryl methyl sites for hydroxylation is 1. The smallest absolute Gasteiger partial charge is 0.335 e. The van der Waals surface area contributed by atoms with Crippen molar-refractivity contribution >= 4 is 11.7 Å². The van der Waals surface area contributed by atoms with Gasteiger partial charge in [0.2, 0.25) is 0 Å². The fourth-order valence-corrected chi connectivity index (χ4v) is 2.84. The van der Waals surface area contributed by atoms with Crippen LogP contribution in [0.2, 0.25) is 0 Å². The van der Waals surface area contributed by atoms with E-state index in [0.29, 0.717) is 11.6 Å². The van der Waals surface area contributed by atoms with Crippen LogP contribution in [-0.2, 0) is 0 Å². The standard InChI is InChI=1S/C15H22N2O2/c1-11-9-13(15(18)19)5-6-14(11)17-8-4-7-16(3)10-12(17)2/h5-6,9,12H,4,7-8,10H2,1-3H3,(H,18,19). The molecule has 1 aromatic rings. The van der Waals surface area contributed by atoms with E-state index in [-0.39, 0.29) is 0 Å². The molecule has 104 valence electrons. The molecule has 0 radical (unpaired) electrons. The molecule has 0 aromatic heterocycles. The van der Waals surface area contributed by atoms with E-state index in [1.54, 1.807) is 12.1 Å². The second kappa shape index (κ2) is 5.61. The predicted molar refractivity (Wildman–Crippen MR) is 77.1 cm³/mol. The Bertz CT molecular complexity index is 473. The van der Waals surface area contributed by atoms with Gasteiger partial charge in [0, 0.05) is 24.8 Å². The molecule has 4 heteroatoms. The predicted octanol–water partition coefficient (Wildman–Crippen LogP) is 2.22. The van der Waals surface area contributed by atoms with Crippen LogP contribution in [0.15, 0.2) is 18.2 Å². The number of carboxylic acids is 1. The van der Waals surface area contributed by atoms with E-state index in [4.69, 9.17) is 5.11 Å². The third-order valence-electron chi connectivity index (χ3n) is 3.80. The van der Waals surface area contributed by atoms with Crippen molar-refractivity contribution in [2.24, 2.45) is 0 Å². The number of likely N-dealkylation sites (N-methyl/N-ethyl adjacent to an activating group) is 1. The molecule has 1 N–H and O–H groups in total. The fourth-order valence-electron chi connectivity index (χ4n) is 2.84. The van der Waals surface area contributed by atoms with Gasteiger partial charge in [-0.1, -0.05) is 0 Å². The maximum absolute atomic E-state index is 11.0. The summed E-state index contributed by atoms with van der Waals surface area (Å²) in [6.45, 7) is 7.40. The van der Waals surface area contributed by atoms with Crippen LogP contribution < -0.4 is 4.90 Å². The van der Waals surface area contributed by atoms with E-state index in [0.717, 1.165) is 37.3 Å². The highest BCUT2D eigenvalue weighted by Gasteiger charge is 2.21. The zero-order chi connectivity index (χ0) is 14.0. The van der Waals surface area contributed by atoms with Gasteiger partial charge in [0.05, 0.1) is 5.56 Å². The number of hydrogen-bond acceptors (Lipinski definition) is 3. The molecule has 1 atom stereocenters. The Morgan fingerprint density at radius 1 is 1.37 bits per heavy atom. The molecule has 1 fully saturated rings. The largest absolute Gasteiger partial charge is 0.478 e. The van der Waals surface area contributed by atoms with E-state index in [1.807, 2.05) is 13.0 Å². The van der Waals surface area contributed by atoms with E-state index >= 15 is 0 Å². The van der Waals surface area contributed by atoms with Crippen LogP contribution in [-0.4, -0.2) is 48.7 Å². The molecule has 1 aliphatic rings. The Hall–Kier alpha value is -1.55. The second-order valence-electron chi connectivity index (χ2n) is 5.46. The van der Waals surface area contributed by atoms with Gasteiger partial charge in [0.15, 0.2) is 0 Å². The number of nitrogens with zero attached hydrogens (tertiary/aromatic N) is 2. The van der Waals surface area contributed by atoms with Crippen molar-refractivity contribution in [3.63, 3.8) is 0 Å². The molecule has 2 rings (SSSR count). The summed E-state index contributed by atoms with van der Waals surface area (Å²) in [5.41, 5.74) is 2.56. The number of rotatable bonds is 2. The molecule has 1 saturated heterocycles. The minimum Gasteiger partial charge on any atom is -0.478 e. The zero-order valence-electron chi connectivity index (χ0n) is 11.9. The monoisotopic (exact) mass is 262 g/mol. The third kappa shape index (κ3) is 3.07. The van der Waals surface area contributed by atoms with Gasteiger partial charge in [0.1, 0.15) is 0 Å². The minimum atomic E-state index is -0.863. The lowest BCUT2D eigenvalue weighted by molar-refractivity contribution is 0.0697. The topological polar surface area (TPSA) is 43.8 Å². The highest BCUT2D eigenvalue weighted by molar-refractivity contribution is 5.88. The highest BCUT2D eigenvalue weighted by Crippen LogP contribution is 2.25. The molecule has 19 heavy (non-hydrogen) atoms. The highest BCUT2D eigenvalue weighted by atomic mass is 16.4. The molecule has 1 heterocycles. The van der Waals surface area contributed by atoms with Crippen LogP contribution in [0.3, 0.4) is 0 Å². The van der Waals surface area contributed by atoms with Gasteiger partial charge in [-0.15, -0.1) is 0 Å². The Morgan fingerprint density at radius 2 is 2.11 bits per heavy atom. The first-order valence-electron chi connectivity index (χ1n) is 6.78. The maximum Gasteiger partial charge on any atom is 0.335 e. The molecular formula is C15H22N2O2. The molecule has 4 nitrogen and oxygen atoms in total. The number of hydrogen-bond donors (Lipinski definition) is 1. The normalized spacial score (nSPS) is 21.2. The van der Waals surface area contributed by atoms with Crippen LogP contribution in [0.25, 0.3) is 0 Å². The molecule has 0 aliphatic carbocycles. The average Bonchev–Trinajstić information content (AvgIpc) is 2.50. The molecule has 0 spiro atoms. The molecular weight excluding hydrogens is 240 g/mol. The van der Waals surface area contributed by atoms with Gasteiger partial charge in [-0.05, 0) is 57.6 Å². The number of aromatic carboxylic acids is 1. The first-order chi connectivity index (χ1) is 8.99. The molecule has 0 amide bonds. The maximum atomic E-state index is 11.0. The van der Waals surface area contributed by atoms with Crippen molar-refractivity contribution < 1.29 is 9.90 Å².